The number of fused-ring (bicyclic) bond motifs is 1. The summed E-state index contributed by atoms with van der Waals surface area (Å²) in [7, 11) is 2.06. The fourth-order valence-corrected chi connectivity index (χ4v) is 2.02. The molecule has 0 radical (unpaired) electrons. The van der Waals surface area contributed by atoms with E-state index in [9.17, 15) is 5.11 Å². The SMILES string of the molecule is CC(C)C(C)N(C)Cc1cc2c(cc1O)OCO2. The molecule has 1 atom stereocenters. The Bertz CT molecular complexity index is 431. The minimum atomic E-state index is 0.233. The fourth-order valence-electron chi connectivity index (χ4n) is 2.02. The zero-order chi connectivity index (χ0) is 13.3. The Morgan fingerprint density at radius 3 is 2.44 bits per heavy atom. The van der Waals surface area contributed by atoms with Crippen LogP contribution in [0.4, 0.5) is 0 Å². The number of phenols is 1. The van der Waals surface area contributed by atoms with Crippen LogP contribution >= 0.6 is 0 Å². The Balaban J connectivity index is 2.14. The highest BCUT2D eigenvalue weighted by molar-refractivity contribution is 5.51. The van der Waals surface area contributed by atoms with Crippen LogP contribution < -0.4 is 9.47 Å². The van der Waals surface area contributed by atoms with Crippen molar-refractivity contribution in [3.63, 3.8) is 0 Å². The largest absolute Gasteiger partial charge is 0.507 e. The van der Waals surface area contributed by atoms with Gasteiger partial charge >= 0.3 is 0 Å². The molecule has 0 bridgehead atoms. The van der Waals surface area contributed by atoms with Gasteiger partial charge in [0.2, 0.25) is 6.79 Å². The van der Waals surface area contributed by atoms with Crippen molar-refractivity contribution in [2.75, 3.05) is 13.8 Å². The lowest BCUT2D eigenvalue weighted by Gasteiger charge is -2.28. The molecule has 0 fully saturated rings. The Kier molecular flexibility index (Phi) is 3.66. The van der Waals surface area contributed by atoms with E-state index in [0.717, 1.165) is 5.56 Å². The molecule has 18 heavy (non-hydrogen) atoms. The molecule has 0 amide bonds. The highest BCUT2D eigenvalue weighted by Gasteiger charge is 2.19. The molecule has 100 valence electrons. The number of nitrogens with zero attached hydrogens (tertiary/aromatic N) is 1. The summed E-state index contributed by atoms with van der Waals surface area (Å²) < 4.78 is 10.6. The summed E-state index contributed by atoms with van der Waals surface area (Å²) in [5, 5.41) is 9.98. The van der Waals surface area contributed by atoms with Gasteiger partial charge in [-0.3, -0.25) is 4.90 Å². The summed E-state index contributed by atoms with van der Waals surface area (Å²) >= 11 is 0. The van der Waals surface area contributed by atoms with Gasteiger partial charge in [-0.1, -0.05) is 13.8 Å². The van der Waals surface area contributed by atoms with Crippen molar-refractivity contribution in [2.45, 2.75) is 33.4 Å². The number of phenolic OH excluding ortho intramolecular Hbond substituents is 1. The second kappa shape index (κ2) is 5.06. The molecule has 1 aromatic rings. The molecule has 1 aliphatic rings. The first-order chi connectivity index (χ1) is 8.49. The molecule has 0 spiro atoms. The first-order valence-corrected chi connectivity index (χ1v) is 6.30. The normalized spacial score (nSPS) is 15.4. The lowest BCUT2D eigenvalue weighted by Crippen LogP contribution is -2.32. The first-order valence-electron chi connectivity index (χ1n) is 6.30. The maximum atomic E-state index is 9.98. The number of benzene rings is 1. The Morgan fingerprint density at radius 1 is 1.22 bits per heavy atom. The predicted octanol–water partition coefficient (Wildman–Crippen LogP) is 2.60. The van der Waals surface area contributed by atoms with E-state index in [2.05, 4.69) is 32.7 Å². The lowest BCUT2D eigenvalue weighted by molar-refractivity contribution is 0.173. The third-order valence-electron chi connectivity index (χ3n) is 3.65. The molecule has 1 heterocycles. The van der Waals surface area contributed by atoms with Crippen LogP contribution in [0.2, 0.25) is 0 Å². The number of aromatic hydroxyl groups is 1. The molecule has 0 aromatic heterocycles. The van der Waals surface area contributed by atoms with Gasteiger partial charge in [0, 0.05) is 24.2 Å². The molecule has 1 aliphatic heterocycles. The Labute approximate surface area is 108 Å². The van der Waals surface area contributed by atoms with Crippen LogP contribution in [0, 0.1) is 5.92 Å². The topological polar surface area (TPSA) is 41.9 Å². The van der Waals surface area contributed by atoms with Gasteiger partial charge in [-0.05, 0) is 26.0 Å². The average Bonchev–Trinajstić information content (AvgIpc) is 2.75. The molecule has 1 aromatic carbocycles. The molecule has 2 rings (SSSR count). The van der Waals surface area contributed by atoms with Gasteiger partial charge in [0.1, 0.15) is 5.75 Å². The van der Waals surface area contributed by atoms with Crippen molar-refractivity contribution in [1.29, 1.82) is 0 Å². The highest BCUT2D eigenvalue weighted by Crippen LogP contribution is 2.38. The number of hydrogen-bond donors (Lipinski definition) is 1. The van der Waals surface area contributed by atoms with Crippen molar-refractivity contribution >= 4 is 0 Å². The van der Waals surface area contributed by atoms with Crippen molar-refractivity contribution in [2.24, 2.45) is 5.92 Å². The summed E-state index contributed by atoms with van der Waals surface area (Å²) in [6, 6.07) is 3.95. The van der Waals surface area contributed by atoms with Gasteiger partial charge in [0.05, 0.1) is 0 Å². The van der Waals surface area contributed by atoms with Crippen LogP contribution in [0.3, 0.4) is 0 Å². The Morgan fingerprint density at radius 2 is 1.83 bits per heavy atom. The average molecular weight is 251 g/mol. The Hall–Kier alpha value is -1.42. The van der Waals surface area contributed by atoms with E-state index in [-0.39, 0.29) is 12.5 Å². The van der Waals surface area contributed by atoms with Crippen LogP contribution in [-0.2, 0) is 6.54 Å². The maximum Gasteiger partial charge on any atom is 0.231 e. The molecular weight excluding hydrogens is 230 g/mol. The van der Waals surface area contributed by atoms with Crippen LogP contribution in [-0.4, -0.2) is 29.9 Å². The van der Waals surface area contributed by atoms with Gasteiger partial charge < -0.3 is 14.6 Å². The van der Waals surface area contributed by atoms with Crippen molar-refractivity contribution < 1.29 is 14.6 Å². The molecule has 4 nitrogen and oxygen atoms in total. The lowest BCUT2D eigenvalue weighted by atomic mass is 10.0. The summed E-state index contributed by atoms with van der Waals surface area (Å²) in [5.41, 5.74) is 0.870. The number of hydrogen-bond acceptors (Lipinski definition) is 4. The van der Waals surface area contributed by atoms with Crippen LogP contribution in [0.1, 0.15) is 26.3 Å². The van der Waals surface area contributed by atoms with Crippen LogP contribution in [0.25, 0.3) is 0 Å². The van der Waals surface area contributed by atoms with Crippen molar-refractivity contribution in [3.05, 3.63) is 17.7 Å². The summed E-state index contributed by atoms with van der Waals surface area (Å²) in [5.74, 6) is 2.18. The summed E-state index contributed by atoms with van der Waals surface area (Å²) in [6.45, 7) is 7.51. The molecule has 1 N–H and O–H groups in total. The third-order valence-corrected chi connectivity index (χ3v) is 3.65. The van der Waals surface area contributed by atoms with Gasteiger partial charge in [-0.15, -0.1) is 0 Å². The molecule has 4 heteroatoms. The molecule has 0 aliphatic carbocycles. The van der Waals surface area contributed by atoms with Crippen molar-refractivity contribution in [3.8, 4) is 17.2 Å². The predicted molar refractivity (Wildman–Crippen MR) is 70.0 cm³/mol. The monoisotopic (exact) mass is 251 g/mol. The van der Waals surface area contributed by atoms with E-state index in [1.807, 2.05) is 6.07 Å². The van der Waals surface area contributed by atoms with Gasteiger partial charge in [-0.2, -0.15) is 0 Å². The van der Waals surface area contributed by atoms with Gasteiger partial charge in [0.15, 0.2) is 11.5 Å². The smallest absolute Gasteiger partial charge is 0.231 e. The van der Waals surface area contributed by atoms with E-state index in [0.29, 0.717) is 30.0 Å². The van der Waals surface area contributed by atoms with E-state index in [4.69, 9.17) is 9.47 Å². The zero-order valence-electron chi connectivity index (χ0n) is 11.4. The standard InChI is InChI=1S/C14H21NO3/c1-9(2)10(3)15(4)7-11-5-13-14(6-12(11)16)18-8-17-13/h5-6,9-10,16H,7-8H2,1-4H3. The minimum absolute atomic E-state index is 0.233. The van der Waals surface area contributed by atoms with E-state index < -0.39 is 0 Å². The minimum Gasteiger partial charge on any atom is -0.507 e. The maximum absolute atomic E-state index is 9.98. The highest BCUT2D eigenvalue weighted by atomic mass is 16.7. The van der Waals surface area contributed by atoms with Gasteiger partial charge in [-0.25, -0.2) is 0 Å². The second-order valence-electron chi connectivity index (χ2n) is 5.23. The molecule has 0 saturated heterocycles. The zero-order valence-corrected chi connectivity index (χ0v) is 11.4. The van der Waals surface area contributed by atoms with Crippen LogP contribution in [0.5, 0.6) is 17.2 Å². The first kappa shape index (κ1) is 13.0. The number of rotatable bonds is 4. The molecular formula is C14H21NO3. The van der Waals surface area contributed by atoms with Crippen molar-refractivity contribution in [1.82, 2.24) is 4.90 Å². The van der Waals surface area contributed by atoms with E-state index in [1.54, 1.807) is 6.07 Å². The van der Waals surface area contributed by atoms with Gasteiger partial charge in [0.25, 0.3) is 0 Å². The second-order valence-corrected chi connectivity index (χ2v) is 5.23. The molecule has 0 saturated carbocycles. The third kappa shape index (κ3) is 2.53. The van der Waals surface area contributed by atoms with E-state index >= 15 is 0 Å². The fraction of sp³-hybridized carbons (Fsp3) is 0.571. The van der Waals surface area contributed by atoms with Crippen LogP contribution in [0.15, 0.2) is 12.1 Å². The van der Waals surface area contributed by atoms with E-state index in [1.165, 1.54) is 0 Å². The quantitative estimate of drug-likeness (QED) is 0.893. The molecule has 1 unspecified atom stereocenters. The summed E-state index contributed by atoms with van der Waals surface area (Å²) in [4.78, 5) is 2.22. The summed E-state index contributed by atoms with van der Waals surface area (Å²) in [6.07, 6.45) is 0. The number of ether oxygens (including phenoxy) is 2.